The second-order valence-corrected chi connectivity index (χ2v) is 8.60. The predicted molar refractivity (Wildman–Crippen MR) is 102 cm³/mol. The number of hydrogen-bond acceptors (Lipinski definition) is 7. The van der Waals surface area contributed by atoms with Crippen molar-refractivity contribution in [3.05, 3.63) is 35.9 Å². The molecule has 2 atom stereocenters. The molecule has 0 aliphatic heterocycles. The van der Waals surface area contributed by atoms with Crippen LogP contribution >= 0.6 is 8.46 Å². The Labute approximate surface area is 162 Å². The van der Waals surface area contributed by atoms with Crippen LogP contribution in [-0.4, -0.2) is 45.8 Å². The van der Waals surface area contributed by atoms with Crippen LogP contribution in [0.3, 0.4) is 0 Å². The maximum Gasteiger partial charge on any atom is 0.312 e. The zero-order valence-electron chi connectivity index (χ0n) is 15.9. The molecule has 1 rings (SSSR count). The van der Waals surface area contributed by atoms with Crippen LogP contribution in [0.5, 0.6) is 0 Å². The molecule has 0 saturated carbocycles. The monoisotopic (exact) mass is 418 g/mol. The zero-order valence-corrected chi connectivity index (χ0v) is 17.6. The summed E-state index contributed by atoms with van der Waals surface area (Å²) in [5, 5.41) is -1.62. The fourth-order valence-corrected chi connectivity index (χ4v) is 3.86. The maximum absolute atomic E-state index is 12.5. The van der Waals surface area contributed by atoms with Gasteiger partial charge >= 0.3 is 5.97 Å². The van der Waals surface area contributed by atoms with E-state index in [1.165, 1.54) is 0 Å². The van der Waals surface area contributed by atoms with Gasteiger partial charge in [0, 0.05) is 6.61 Å². The highest BCUT2D eigenvalue weighted by atomic mass is 32.2. The lowest BCUT2D eigenvalue weighted by molar-refractivity contribution is -0.158. The Kier molecular flexibility index (Phi) is 10.1. The lowest BCUT2D eigenvalue weighted by atomic mass is 9.94. The van der Waals surface area contributed by atoms with E-state index in [9.17, 15) is 17.8 Å². The minimum Gasteiger partial charge on any atom is -0.466 e. The molecule has 9 heteroatoms. The first-order chi connectivity index (χ1) is 12.8. The summed E-state index contributed by atoms with van der Waals surface area (Å²) in [6.45, 7) is 3.10. The molecule has 0 heterocycles. The Bertz CT molecular complexity index is 693. The van der Waals surface area contributed by atoms with Gasteiger partial charge in [-0.15, -0.1) is 0 Å². The van der Waals surface area contributed by atoms with Gasteiger partial charge in [-0.3, -0.25) is 13.5 Å². The van der Waals surface area contributed by atoms with Crippen LogP contribution in [0.4, 0.5) is 0 Å². The lowest BCUT2D eigenvalue weighted by Crippen LogP contribution is -2.45. The maximum atomic E-state index is 12.5. The Morgan fingerprint density at radius 3 is 2.37 bits per heavy atom. The van der Waals surface area contributed by atoms with E-state index in [2.05, 4.69) is 0 Å². The largest absolute Gasteiger partial charge is 0.466 e. The standard InChI is InChI=1S/C18H27O7PS/c1-4-23-17(19)16(13-9-12-15-10-7-6-8-11-15)18(26-20,24-5-2)14-25-27(3,21)22/h6-8,10-11,16H,4-5,9,12-14H2,1-3H3. The Hall–Kier alpha value is -1.34. The van der Waals surface area contributed by atoms with Crippen LogP contribution in [0.25, 0.3) is 0 Å². The van der Waals surface area contributed by atoms with Crippen molar-refractivity contribution in [2.24, 2.45) is 5.92 Å². The third-order valence-electron chi connectivity index (χ3n) is 3.95. The van der Waals surface area contributed by atoms with E-state index in [1.807, 2.05) is 30.3 Å². The number of ether oxygens (including phenoxy) is 2. The molecule has 2 unspecified atom stereocenters. The van der Waals surface area contributed by atoms with Gasteiger partial charge in [-0.05, 0) is 38.7 Å². The fourth-order valence-electron chi connectivity index (χ4n) is 2.73. The van der Waals surface area contributed by atoms with Gasteiger partial charge in [0.2, 0.25) is 0 Å². The van der Waals surface area contributed by atoms with Gasteiger partial charge in [0.1, 0.15) is 6.61 Å². The van der Waals surface area contributed by atoms with E-state index < -0.39 is 42.4 Å². The molecule has 1 aromatic carbocycles. The molecule has 0 N–H and O–H groups in total. The van der Waals surface area contributed by atoms with Gasteiger partial charge < -0.3 is 9.47 Å². The molecule has 0 bridgehead atoms. The van der Waals surface area contributed by atoms with E-state index in [1.54, 1.807) is 13.8 Å². The second kappa shape index (κ2) is 11.5. The van der Waals surface area contributed by atoms with Crippen molar-refractivity contribution >= 4 is 24.5 Å². The fraction of sp³-hybridized carbons (Fsp3) is 0.611. The third-order valence-corrected chi connectivity index (χ3v) is 5.37. The summed E-state index contributed by atoms with van der Waals surface area (Å²) in [5.74, 6) is -1.51. The summed E-state index contributed by atoms with van der Waals surface area (Å²) < 4.78 is 50.4. The van der Waals surface area contributed by atoms with Crippen LogP contribution < -0.4 is 0 Å². The van der Waals surface area contributed by atoms with Crippen molar-refractivity contribution < 1.29 is 31.4 Å². The molecule has 7 nitrogen and oxygen atoms in total. The Morgan fingerprint density at radius 2 is 1.85 bits per heavy atom. The van der Waals surface area contributed by atoms with Crippen molar-refractivity contribution in [3.8, 4) is 0 Å². The number of benzene rings is 1. The summed E-state index contributed by atoms with van der Waals surface area (Å²) in [5.41, 5.74) is 1.11. The highest BCUT2D eigenvalue weighted by Crippen LogP contribution is 2.38. The summed E-state index contributed by atoms with van der Waals surface area (Å²) in [7, 11) is -4.33. The number of carbonyl (C=O) groups excluding carboxylic acids is 1. The summed E-state index contributed by atoms with van der Waals surface area (Å²) in [6, 6.07) is 9.74. The average Bonchev–Trinajstić information content (AvgIpc) is 2.63. The topological polar surface area (TPSA) is 96.0 Å². The SMILES string of the molecule is CCOC(=O)C(CCCc1ccccc1)C(COS(C)(=O)=O)(OCC)P=O. The van der Waals surface area contributed by atoms with Crippen molar-refractivity contribution in [1.82, 2.24) is 0 Å². The number of rotatable bonds is 13. The summed E-state index contributed by atoms with van der Waals surface area (Å²) in [6.07, 6.45) is 2.52. The van der Waals surface area contributed by atoms with Crippen molar-refractivity contribution in [2.75, 3.05) is 26.1 Å². The molecular formula is C18H27O7PS. The minimum absolute atomic E-state index is 0.136. The summed E-state index contributed by atoms with van der Waals surface area (Å²) >= 11 is 0. The van der Waals surface area contributed by atoms with Gasteiger partial charge in [0.25, 0.3) is 10.1 Å². The molecule has 27 heavy (non-hydrogen) atoms. The van der Waals surface area contributed by atoms with Crippen molar-refractivity contribution in [2.45, 2.75) is 38.5 Å². The number of aryl methyl sites for hydroxylation is 1. The molecular weight excluding hydrogens is 391 g/mol. The molecule has 1 aromatic rings. The van der Waals surface area contributed by atoms with E-state index in [0.717, 1.165) is 11.8 Å². The van der Waals surface area contributed by atoms with Crippen molar-refractivity contribution in [1.29, 1.82) is 0 Å². The highest BCUT2D eigenvalue weighted by Gasteiger charge is 2.47. The molecule has 0 spiro atoms. The van der Waals surface area contributed by atoms with Gasteiger partial charge in [-0.1, -0.05) is 30.3 Å². The van der Waals surface area contributed by atoms with Crippen LogP contribution in [0.15, 0.2) is 30.3 Å². The number of carbonyl (C=O) groups is 1. The van der Waals surface area contributed by atoms with Crippen LogP contribution in [0.2, 0.25) is 0 Å². The first-order valence-corrected chi connectivity index (χ1v) is 11.4. The normalized spacial score (nSPS) is 15.2. The van der Waals surface area contributed by atoms with Gasteiger partial charge in [-0.25, -0.2) is 0 Å². The molecule has 0 aliphatic rings. The summed E-state index contributed by atoms with van der Waals surface area (Å²) in [4.78, 5) is 12.5. The second-order valence-electron chi connectivity index (χ2n) is 6.02. The average molecular weight is 418 g/mol. The molecule has 0 aliphatic carbocycles. The van der Waals surface area contributed by atoms with E-state index in [4.69, 9.17) is 13.7 Å². The molecule has 0 aromatic heterocycles. The number of hydrogen-bond donors (Lipinski definition) is 0. The molecule has 152 valence electrons. The molecule has 0 fully saturated rings. The highest BCUT2D eigenvalue weighted by molar-refractivity contribution is 7.86. The molecule has 0 amide bonds. The third kappa shape index (κ3) is 8.05. The lowest BCUT2D eigenvalue weighted by Gasteiger charge is -2.32. The minimum atomic E-state index is -3.80. The molecule has 0 radical (unpaired) electrons. The smallest absolute Gasteiger partial charge is 0.312 e. The van der Waals surface area contributed by atoms with E-state index in [-0.39, 0.29) is 13.2 Å². The first-order valence-electron chi connectivity index (χ1n) is 8.81. The first kappa shape index (κ1) is 23.7. The molecule has 0 saturated heterocycles. The van der Waals surface area contributed by atoms with E-state index in [0.29, 0.717) is 19.3 Å². The van der Waals surface area contributed by atoms with Crippen LogP contribution in [0, 0.1) is 5.92 Å². The van der Waals surface area contributed by atoms with Gasteiger partial charge in [0.05, 0.1) is 18.8 Å². The zero-order chi connectivity index (χ0) is 20.3. The predicted octanol–water partition coefficient (Wildman–Crippen LogP) is 3.19. The van der Waals surface area contributed by atoms with E-state index >= 15 is 0 Å². The van der Waals surface area contributed by atoms with Crippen molar-refractivity contribution in [3.63, 3.8) is 0 Å². The number of esters is 1. The van der Waals surface area contributed by atoms with Crippen LogP contribution in [0.1, 0.15) is 32.3 Å². The van der Waals surface area contributed by atoms with Crippen LogP contribution in [-0.2, 0) is 39.6 Å². The Balaban J connectivity index is 3.02. The Morgan fingerprint density at radius 1 is 1.19 bits per heavy atom. The quantitative estimate of drug-likeness (QED) is 0.276. The van der Waals surface area contributed by atoms with Gasteiger partial charge in [-0.2, -0.15) is 8.42 Å². The van der Waals surface area contributed by atoms with Gasteiger partial charge in [0.15, 0.2) is 13.8 Å².